The number of aromatic nitrogens is 1. The van der Waals surface area contributed by atoms with Gasteiger partial charge in [-0.25, -0.2) is 4.98 Å². The Hall–Kier alpha value is -3.91. The molecule has 0 radical (unpaired) electrons. The summed E-state index contributed by atoms with van der Waals surface area (Å²) in [5.74, 6) is 1.16. The number of nitrogens with one attached hydrogen (secondary N) is 2. The third kappa shape index (κ3) is 4.58. The van der Waals surface area contributed by atoms with E-state index in [9.17, 15) is 4.79 Å². The summed E-state index contributed by atoms with van der Waals surface area (Å²) in [4.78, 5) is 17.4. The van der Waals surface area contributed by atoms with E-state index in [1.54, 1.807) is 25.3 Å². The van der Waals surface area contributed by atoms with E-state index in [4.69, 9.17) is 26.1 Å². The van der Waals surface area contributed by atoms with E-state index in [-0.39, 0.29) is 11.0 Å². The minimum Gasteiger partial charge on any atom is -0.496 e. The van der Waals surface area contributed by atoms with E-state index in [1.807, 2.05) is 51.1 Å². The van der Waals surface area contributed by atoms with Crippen molar-refractivity contribution in [2.45, 2.75) is 20.8 Å². The summed E-state index contributed by atoms with van der Waals surface area (Å²) in [6.45, 7) is 5.95. The molecule has 0 aliphatic rings. The maximum atomic E-state index is 12.8. The van der Waals surface area contributed by atoms with Crippen LogP contribution in [0.2, 0.25) is 0 Å². The van der Waals surface area contributed by atoms with Crippen molar-refractivity contribution in [3.63, 3.8) is 0 Å². The summed E-state index contributed by atoms with van der Waals surface area (Å²) in [7, 11) is 3.09. The first-order valence-corrected chi connectivity index (χ1v) is 11.0. The van der Waals surface area contributed by atoms with E-state index < -0.39 is 0 Å². The fraction of sp³-hybridized carbons (Fsp3) is 0.192. The molecule has 3 aromatic carbocycles. The summed E-state index contributed by atoms with van der Waals surface area (Å²) in [6, 6.07) is 14.8. The first-order chi connectivity index (χ1) is 16.3. The van der Waals surface area contributed by atoms with Gasteiger partial charge in [-0.05, 0) is 86.1 Å². The highest BCUT2D eigenvalue weighted by Gasteiger charge is 2.17. The van der Waals surface area contributed by atoms with E-state index in [0.29, 0.717) is 28.6 Å². The number of carbonyl (C=O) groups excluding carboxylic acids is 1. The second-order valence-corrected chi connectivity index (χ2v) is 8.31. The SMILES string of the molecule is COc1ccc(-c2nc3cc(C)c(C)cc3o2)cc1NC(=S)NC(=O)c1cccc(C)c1OC. The topological polar surface area (TPSA) is 85.6 Å². The molecule has 0 saturated carbocycles. The second-order valence-electron chi connectivity index (χ2n) is 7.90. The summed E-state index contributed by atoms with van der Waals surface area (Å²) >= 11 is 5.39. The Morgan fingerprint density at radius 3 is 2.47 bits per heavy atom. The van der Waals surface area contributed by atoms with Crippen LogP contribution in [0, 0.1) is 20.8 Å². The van der Waals surface area contributed by atoms with Gasteiger partial charge in [-0.1, -0.05) is 12.1 Å². The Bertz CT molecular complexity index is 1370. The maximum absolute atomic E-state index is 12.8. The van der Waals surface area contributed by atoms with Crippen molar-refractivity contribution >= 4 is 40.0 Å². The minimum absolute atomic E-state index is 0.118. The molecule has 0 bridgehead atoms. The molecule has 8 heteroatoms. The number of hydrogen-bond acceptors (Lipinski definition) is 6. The average Bonchev–Trinajstić information content (AvgIpc) is 3.21. The maximum Gasteiger partial charge on any atom is 0.261 e. The lowest BCUT2D eigenvalue weighted by Gasteiger charge is -2.15. The van der Waals surface area contributed by atoms with Gasteiger partial charge in [0.05, 0.1) is 25.5 Å². The number of rotatable bonds is 5. The third-order valence-corrected chi connectivity index (χ3v) is 5.79. The van der Waals surface area contributed by atoms with Crippen molar-refractivity contribution < 1.29 is 18.7 Å². The summed E-state index contributed by atoms with van der Waals surface area (Å²) in [6.07, 6.45) is 0. The second kappa shape index (κ2) is 9.52. The molecule has 0 aliphatic heterocycles. The summed E-state index contributed by atoms with van der Waals surface area (Å²) < 4.78 is 16.8. The molecule has 174 valence electrons. The number of amides is 1. The normalized spacial score (nSPS) is 10.7. The van der Waals surface area contributed by atoms with Crippen molar-refractivity contribution in [1.82, 2.24) is 10.3 Å². The lowest BCUT2D eigenvalue weighted by molar-refractivity contribution is 0.0974. The van der Waals surface area contributed by atoms with Crippen molar-refractivity contribution in [3.8, 4) is 23.0 Å². The molecule has 2 N–H and O–H groups in total. The quantitative estimate of drug-likeness (QED) is 0.365. The van der Waals surface area contributed by atoms with Gasteiger partial charge >= 0.3 is 0 Å². The van der Waals surface area contributed by atoms with E-state index in [2.05, 4.69) is 15.6 Å². The van der Waals surface area contributed by atoms with Crippen molar-refractivity contribution in [1.29, 1.82) is 0 Å². The molecule has 7 nitrogen and oxygen atoms in total. The van der Waals surface area contributed by atoms with Gasteiger partial charge in [0.1, 0.15) is 17.0 Å². The fourth-order valence-corrected chi connectivity index (χ4v) is 3.87. The number of thiocarbonyl (C=S) groups is 1. The molecular formula is C26H25N3O4S. The van der Waals surface area contributed by atoms with E-state index in [0.717, 1.165) is 33.4 Å². The van der Waals surface area contributed by atoms with Crippen molar-refractivity contribution in [3.05, 3.63) is 70.8 Å². The Labute approximate surface area is 203 Å². The number of hydrogen-bond donors (Lipinski definition) is 2. The number of carbonyl (C=O) groups is 1. The van der Waals surface area contributed by atoms with Crippen molar-refractivity contribution in [2.24, 2.45) is 0 Å². The van der Waals surface area contributed by atoms with Crippen LogP contribution in [-0.4, -0.2) is 30.2 Å². The molecule has 4 aromatic rings. The molecule has 0 unspecified atom stereocenters. The zero-order valence-electron chi connectivity index (χ0n) is 19.6. The average molecular weight is 476 g/mol. The van der Waals surface area contributed by atoms with Crippen LogP contribution in [0.3, 0.4) is 0 Å². The minimum atomic E-state index is -0.377. The van der Waals surface area contributed by atoms with E-state index >= 15 is 0 Å². The van der Waals surface area contributed by atoms with Gasteiger partial charge in [-0.3, -0.25) is 10.1 Å². The van der Waals surface area contributed by atoms with E-state index in [1.165, 1.54) is 7.11 Å². The highest BCUT2D eigenvalue weighted by Crippen LogP contribution is 2.32. The molecule has 0 saturated heterocycles. The highest BCUT2D eigenvalue weighted by molar-refractivity contribution is 7.80. The van der Waals surface area contributed by atoms with Crippen molar-refractivity contribution in [2.75, 3.05) is 19.5 Å². The van der Waals surface area contributed by atoms with Gasteiger partial charge < -0.3 is 19.2 Å². The van der Waals surface area contributed by atoms with Gasteiger partial charge in [0, 0.05) is 5.56 Å². The first kappa shape index (κ1) is 23.3. The number of para-hydroxylation sites is 1. The number of anilines is 1. The molecule has 1 aromatic heterocycles. The zero-order chi connectivity index (χ0) is 24.4. The van der Waals surface area contributed by atoms with Gasteiger partial charge in [-0.2, -0.15) is 0 Å². The monoisotopic (exact) mass is 475 g/mol. The summed E-state index contributed by atoms with van der Waals surface area (Å²) in [5.41, 5.74) is 6.35. The van der Waals surface area contributed by atoms with Gasteiger partial charge in [0.25, 0.3) is 5.91 Å². The van der Waals surface area contributed by atoms with Gasteiger partial charge in [0.2, 0.25) is 5.89 Å². The number of benzene rings is 3. The lowest BCUT2D eigenvalue weighted by Crippen LogP contribution is -2.34. The van der Waals surface area contributed by atoms with Crippen LogP contribution in [0.4, 0.5) is 5.69 Å². The third-order valence-electron chi connectivity index (χ3n) is 5.59. The number of nitrogens with zero attached hydrogens (tertiary/aromatic N) is 1. The number of fused-ring (bicyclic) bond motifs is 1. The van der Waals surface area contributed by atoms with Crippen LogP contribution < -0.4 is 20.1 Å². The first-order valence-electron chi connectivity index (χ1n) is 10.6. The standard InChI is InChI=1S/C26H25N3O4S/c1-14-7-6-8-18(23(14)32-5)24(30)29-26(34)28-20-13-17(9-10-21(20)31-4)25-27-19-11-15(2)16(3)12-22(19)33-25/h6-13H,1-5H3,(H2,28,29,30,34). The van der Waals surface area contributed by atoms with Gasteiger partial charge in [-0.15, -0.1) is 0 Å². The Morgan fingerprint density at radius 1 is 0.971 bits per heavy atom. The van der Waals surface area contributed by atoms with Crippen LogP contribution in [0.25, 0.3) is 22.6 Å². The molecule has 0 aliphatic carbocycles. The largest absolute Gasteiger partial charge is 0.496 e. The molecule has 0 spiro atoms. The van der Waals surface area contributed by atoms with Crippen LogP contribution in [0.1, 0.15) is 27.0 Å². The van der Waals surface area contributed by atoms with Crippen LogP contribution >= 0.6 is 12.2 Å². The summed E-state index contributed by atoms with van der Waals surface area (Å²) in [5, 5.41) is 5.86. The molecule has 1 heterocycles. The number of aryl methyl sites for hydroxylation is 3. The molecular weight excluding hydrogens is 450 g/mol. The molecule has 4 rings (SSSR count). The number of methoxy groups -OCH3 is 2. The van der Waals surface area contributed by atoms with Crippen LogP contribution in [-0.2, 0) is 0 Å². The molecule has 0 fully saturated rings. The highest BCUT2D eigenvalue weighted by atomic mass is 32.1. The Balaban J connectivity index is 1.58. The molecule has 1 amide bonds. The fourth-order valence-electron chi connectivity index (χ4n) is 3.67. The smallest absolute Gasteiger partial charge is 0.261 e. The number of oxazole rings is 1. The lowest BCUT2D eigenvalue weighted by atomic mass is 10.1. The number of ether oxygens (including phenoxy) is 2. The Kier molecular flexibility index (Phi) is 6.51. The van der Waals surface area contributed by atoms with Crippen LogP contribution in [0.15, 0.2) is 52.9 Å². The zero-order valence-corrected chi connectivity index (χ0v) is 20.4. The van der Waals surface area contributed by atoms with Gasteiger partial charge in [0.15, 0.2) is 10.7 Å². The molecule has 0 atom stereocenters. The predicted octanol–water partition coefficient (Wildman–Crippen LogP) is 5.56. The molecule has 34 heavy (non-hydrogen) atoms. The predicted molar refractivity (Wildman–Crippen MR) is 137 cm³/mol. The Morgan fingerprint density at radius 2 is 1.74 bits per heavy atom. The van der Waals surface area contributed by atoms with Crippen LogP contribution in [0.5, 0.6) is 11.5 Å².